The molecule has 1 N–H and O–H groups in total. The molecule has 110 valence electrons. The van der Waals surface area contributed by atoms with E-state index in [9.17, 15) is 0 Å². The van der Waals surface area contributed by atoms with E-state index in [2.05, 4.69) is 44.1 Å². The molecule has 0 aromatic carbocycles. The van der Waals surface area contributed by atoms with Crippen molar-refractivity contribution in [2.45, 2.75) is 46.4 Å². The van der Waals surface area contributed by atoms with Gasteiger partial charge in [-0.3, -0.25) is 4.90 Å². The average Bonchev–Trinajstić information content (AvgIpc) is 2.76. The van der Waals surface area contributed by atoms with Crippen molar-refractivity contribution in [1.29, 1.82) is 0 Å². The van der Waals surface area contributed by atoms with Crippen molar-refractivity contribution in [1.82, 2.24) is 10.2 Å². The summed E-state index contributed by atoms with van der Waals surface area (Å²) in [5, 5.41) is 3.37. The van der Waals surface area contributed by atoms with Crippen LogP contribution in [0.5, 0.6) is 0 Å². The smallest absolute Gasteiger partial charge is 0.118 e. The van der Waals surface area contributed by atoms with Crippen molar-refractivity contribution < 1.29 is 9.15 Å². The van der Waals surface area contributed by atoms with Gasteiger partial charge in [-0.1, -0.05) is 6.92 Å². The maximum Gasteiger partial charge on any atom is 0.118 e. The molecule has 0 amide bonds. The maximum atomic E-state index is 5.57. The van der Waals surface area contributed by atoms with E-state index in [0.717, 1.165) is 45.0 Å². The van der Waals surface area contributed by atoms with Gasteiger partial charge in [-0.05, 0) is 39.9 Å². The number of likely N-dealkylation sites (N-methyl/N-ethyl adjacent to an activating group) is 1. The molecule has 4 nitrogen and oxygen atoms in total. The molecule has 1 aromatic rings. The summed E-state index contributed by atoms with van der Waals surface area (Å²) in [5.74, 6) is 1.01. The lowest BCUT2D eigenvalue weighted by Crippen LogP contribution is -2.23. The molecular weight excluding hydrogens is 240 g/mol. The molecule has 1 heterocycles. The second kappa shape index (κ2) is 9.13. The van der Waals surface area contributed by atoms with Crippen molar-refractivity contribution in [3.8, 4) is 0 Å². The van der Waals surface area contributed by atoms with Crippen molar-refractivity contribution in [2.75, 3.05) is 26.7 Å². The van der Waals surface area contributed by atoms with E-state index in [1.54, 1.807) is 0 Å². The SMILES string of the molecule is CCCNCc1coc(CN(C)CCOC(C)C)c1. The first-order valence-corrected chi connectivity index (χ1v) is 7.19. The quantitative estimate of drug-likeness (QED) is 0.662. The number of ether oxygens (including phenoxy) is 1. The fourth-order valence-electron chi connectivity index (χ4n) is 1.80. The number of hydrogen-bond donors (Lipinski definition) is 1. The number of nitrogens with zero attached hydrogens (tertiary/aromatic N) is 1. The minimum atomic E-state index is 0.299. The molecular formula is C15H28N2O2. The van der Waals surface area contributed by atoms with Crippen LogP contribution in [0.15, 0.2) is 16.7 Å². The van der Waals surface area contributed by atoms with Gasteiger partial charge in [0.2, 0.25) is 0 Å². The van der Waals surface area contributed by atoms with Gasteiger partial charge in [0.15, 0.2) is 0 Å². The molecule has 0 aliphatic carbocycles. The Morgan fingerprint density at radius 3 is 2.89 bits per heavy atom. The minimum Gasteiger partial charge on any atom is -0.468 e. The van der Waals surface area contributed by atoms with E-state index in [1.165, 1.54) is 5.56 Å². The third-order valence-electron chi connectivity index (χ3n) is 2.81. The summed E-state index contributed by atoms with van der Waals surface area (Å²) in [6.07, 6.45) is 3.30. The Balaban J connectivity index is 2.24. The predicted molar refractivity (Wildman–Crippen MR) is 78.1 cm³/mol. The molecule has 0 unspecified atom stereocenters. The molecule has 0 fully saturated rings. The molecule has 1 rings (SSSR count). The summed E-state index contributed by atoms with van der Waals surface area (Å²) in [6.45, 7) is 10.7. The van der Waals surface area contributed by atoms with Gasteiger partial charge in [0.25, 0.3) is 0 Å². The van der Waals surface area contributed by atoms with Crippen LogP contribution in [0.4, 0.5) is 0 Å². The lowest BCUT2D eigenvalue weighted by Gasteiger charge is -2.16. The number of nitrogens with one attached hydrogen (secondary N) is 1. The first-order valence-electron chi connectivity index (χ1n) is 7.19. The van der Waals surface area contributed by atoms with Crippen LogP contribution < -0.4 is 5.32 Å². The molecule has 0 radical (unpaired) electrons. The Bertz CT molecular complexity index is 337. The highest BCUT2D eigenvalue weighted by Crippen LogP contribution is 2.09. The largest absolute Gasteiger partial charge is 0.468 e. The Hall–Kier alpha value is -0.840. The number of furan rings is 1. The van der Waals surface area contributed by atoms with Crippen molar-refractivity contribution >= 4 is 0 Å². The van der Waals surface area contributed by atoms with Gasteiger partial charge in [-0.2, -0.15) is 0 Å². The van der Waals surface area contributed by atoms with E-state index in [-0.39, 0.29) is 0 Å². The Kier molecular flexibility index (Phi) is 7.79. The van der Waals surface area contributed by atoms with Crippen LogP contribution in [0.3, 0.4) is 0 Å². The van der Waals surface area contributed by atoms with Crippen LogP contribution in [-0.2, 0) is 17.8 Å². The molecule has 0 saturated carbocycles. The molecule has 0 atom stereocenters. The van der Waals surface area contributed by atoms with Crippen LogP contribution in [0, 0.1) is 0 Å². The van der Waals surface area contributed by atoms with Gasteiger partial charge in [0.1, 0.15) is 5.76 Å². The van der Waals surface area contributed by atoms with Crippen molar-refractivity contribution in [3.05, 3.63) is 23.7 Å². The Morgan fingerprint density at radius 2 is 2.21 bits per heavy atom. The molecule has 19 heavy (non-hydrogen) atoms. The molecule has 4 heteroatoms. The zero-order valence-corrected chi connectivity index (χ0v) is 12.7. The molecule has 0 bridgehead atoms. The maximum absolute atomic E-state index is 5.57. The van der Waals surface area contributed by atoms with Crippen molar-refractivity contribution in [2.24, 2.45) is 0 Å². The topological polar surface area (TPSA) is 37.6 Å². The van der Waals surface area contributed by atoms with Crippen LogP contribution >= 0.6 is 0 Å². The van der Waals surface area contributed by atoms with Gasteiger partial charge in [0, 0.05) is 18.7 Å². The Morgan fingerprint density at radius 1 is 1.42 bits per heavy atom. The molecule has 0 saturated heterocycles. The highest BCUT2D eigenvalue weighted by Gasteiger charge is 2.06. The molecule has 0 spiro atoms. The first-order chi connectivity index (χ1) is 9.11. The second-order valence-electron chi connectivity index (χ2n) is 5.26. The van der Waals surface area contributed by atoms with Gasteiger partial charge >= 0.3 is 0 Å². The summed E-state index contributed by atoms with van der Waals surface area (Å²) in [6, 6.07) is 2.13. The van der Waals surface area contributed by atoms with Gasteiger partial charge in [-0.25, -0.2) is 0 Å². The van der Waals surface area contributed by atoms with Crippen LogP contribution in [-0.4, -0.2) is 37.7 Å². The molecule has 0 aliphatic heterocycles. The average molecular weight is 268 g/mol. The van der Waals surface area contributed by atoms with Crippen LogP contribution in [0.2, 0.25) is 0 Å². The van der Waals surface area contributed by atoms with Crippen LogP contribution in [0.1, 0.15) is 38.5 Å². The zero-order chi connectivity index (χ0) is 14.1. The highest BCUT2D eigenvalue weighted by atomic mass is 16.5. The summed E-state index contributed by atoms with van der Waals surface area (Å²) in [5.41, 5.74) is 1.22. The van der Waals surface area contributed by atoms with E-state index < -0.39 is 0 Å². The zero-order valence-electron chi connectivity index (χ0n) is 12.7. The van der Waals surface area contributed by atoms with Gasteiger partial charge in [-0.15, -0.1) is 0 Å². The Labute approximate surface area is 117 Å². The predicted octanol–water partition coefficient (Wildman–Crippen LogP) is 2.64. The third kappa shape index (κ3) is 7.35. The number of hydrogen-bond acceptors (Lipinski definition) is 4. The van der Waals surface area contributed by atoms with E-state index in [1.807, 2.05) is 6.26 Å². The second-order valence-corrected chi connectivity index (χ2v) is 5.26. The minimum absolute atomic E-state index is 0.299. The molecule has 0 aliphatic rings. The first kappa shape index (κ1) is 16.2. The van der Waals surface area contributed by atoms with Crippen molar-refractivity contribution in [3.63, 3.8) is 0 Å². The standard InChI is InChI=1S/C15H28N2O2/c1-5-6-16-10-14-9-15(19-12-14)11-17(4)7-8-18-13(2)3/h9,12-13,16H,5-8,10-11H2,1-4H3. The summed E-state index contributed by atoms with van der Waals surface area (Å²) >= 11 is 0. The summed E-state index contributed by atoms with van der Waals surface area (Å²) < 4.78 is 11.1. The number of rotatable bonds is 10. The summed E-state index contributed by atoms with van der Waals surface area (Å²) in [7, 11) is 2.08. The lowest BCUT2D eigenvalue weighted by atomic mass is 10.3. The van der Waals surface area contributed by atoms with E-state index >= 15 is 0 Å². The van der Waals surface area contributed by atoms with Crippen LogP contribution in [0.25, 0.3) is 0 Å². The fourth-order valence-corrected chi connectivity index (χ4v) is 1.80. The molecule has 1 aromatic heterocycles. The van der Waals surface area contributed by atoms with Gasteiger partial charge in [0.05, 0.1) is 25.5 Å². The van der Waals surface area contributed by atoms with Gasteiger partial charge < -0.3 is 14.5 Å². The monoisotopic (exact) mass is 268 g/mol. The van der Waals surface area contributed by atoms with E-state index in [4.69, 9.17) is 9.15 Å². The lowest BCUT2D eigenvalue weighted by molar-refractivity contribution is 0.0616. The third-order valence-corrected chi connectivity index (χ3v) is 2.81. The highest BCUT2D eigenvalue weighted by molar-refractivity contribution is 5.12. The summed E-state index contributed by atoms with van der Waals surface area (Å²) in [4.78, 5) is 2.21. The fraction of sp³-hybridized carbons (Fsp3) is 0.733. The van der Waals surface area contributed by atoms with E-state index in [0.29, 0.717) is 6.10 Å². The normalized spacial score (nSPS) is 11.7.